The van der Waals surface area contributed by atoms with E-state index in [-0.39, 0.29) is 12.6 Å². The van der Waals surface area contributed by atoms with Gasteiger partial charge in [-0.1, -0.05) is 48.5 Å². The maximum absolute atomic E-state index is 8.59. The lowest BCUT2D eigenvalue weighted by molar-refractivity contribution is 0.361. The fourth-order valence-corrected chi connectivity index (χ4v) is 2.02. The topological polar surface area (TPSA) is 45.0 Å². The Labute approximate surface area is 119 Å². The fraction of sp³-hybridized carbons (Fsp3) is 0.235. The lowest BCUT2D eigenvalue weighted by atomic mass is 10.1. The zero-order chi connectivity index (χ0) is 14.2. The summed E-state index contributed by atoms with van der Waals surface area (Å²) in [5, 5.41) is 12.1. The molecule has 0 amide bonds. The van der Waals surface area contributed by atoms with Crippen molar-refractivity contribution in [2.75, 3.05) is 6.61 Å². The standard InChI is InChI=1S/C17H18N2O/c1-14(15-7-3-2-4-8-15)19-13-16-9-5-6-10-17(16)20-12-11-18/h2-10,14,19H,12-13H2,1H3. The van der Waals surface area contributed by atoms with Crippen molar-refractivity contribution in [3.63, 3.8) is 0 Å². The molecule has 1 unspecified atom stereocenters. The molecule has 0 spiro atoms. The highest BCUT2D eigenvalue weighted by molar-refractivity contribution is 5.33. The van der Waals surface area contributed by atoms with Crippen LogP contribution in [0.1, 0.15) is 24.1 Å². The summed E-state index contributed by atoms with van der Waals surface area (Å²) in [7, 11) is 0. The summed E-state index contributed by atoms with van der Waals surface area (Å²) in [5.74, 6) is 0.766. The average Bonchev–Trinajstić information content (AvgIpc) is 2.52. The molecule has 3 nitrogen and oxygen atoms in total. The van der Waals surface area contributed by atoms with Gasteiger partial charge >= 0.3 is 0 Å². The van der Waals surface area contributed by atoms with Crippen LogP contribution in [0.4, 0.5) is 0 Å². The Kier molecular flexibility index (Phi) is 5.16. The Morgan fingerprint density at radius 2 is 1.80 bits per heavy atom. The SMILES string of the molecule is CC(NCc1ccccc1OCC#N)c1ccccc1. The van der Waals surface area contributed by atoms with Gasteiger partial charge in [-0.15, -0.1) is 0 Å². The normalized spacial score (nSPS) is 11.6. The third-order valence-electron chi connectivity index (χ3n) is 3.16. The molecule has 0 aliphatic heterocycles. The molecular formula is C17H18N2O. The number of para-hydroxylation sites is 1. The quantitative estimate of drug-likeness (QED) is 0.871. The van der Waals surface area contributed by atoms with Crippen LogP contribution in [0.25, 0.3) is 0 Å². The van der Waals surface area contributed by atoms with Gasteiger partial charge in [0, 0.05) is 18.2 Å². The summed E-state index contributed by atoms with van der Waals surface area (Å²) in [6.45, 7) is 2.91. The summed E-state index contributed by atoms with van der Waals surface area (Å²) in [6, 6.07) is 20.4. The third kappa shape index (κ3) is 3.84. The Morgan fingerprint density at radius 1 is 1.10 bits per heavy atom. The molecule has 2 rings (SSSR count). The monoisotopic (exact) mass is 266 g/mol. The van der Waals surface area contributed by atoms with Gasteiger partial charge < -0.3 is 10.1 Å². The number of benzene rings is 2. The van der Waals surface area contributed by atoms with Crippen molar-refractivity contribution >= 4 is 0 Å². The smallest absolute Gasteiger partial charge is 0.174 e. The predicted molar refractivity (Wildman–Crippen MR) is 79.2 cm³/mol. The van der Waals surface area contributed by atoms with Gasteiger partial charge in [0.05, 0.1) is 0 Å². The van der Waals surface area contributed by atoms with Crippen molar-refractivity contribution in [2.24, 2.45) is 0 Å². The summed E-state index contributed by atoms with van der Waals surface area (Å²) >= 11 is 0. The minimum Gasteiger partial charge on any atom is -0.478 e. The molecule has 20 heavy (non-hydrogen) atoms. The average molecular weight is 266 g/mol. The zero-order valence-corrected chi connectivity index (χ0v) is 11.5. The molecule has 3 heteroatoms. The first-order valence-corrected chi connectivity index (χ1v) is 6.67. The van der Waals surface area contributed by atoms with Crippen LogP contribution in [0.15, 0.2) is 54.6 Å². The van der Waals surface area contributed by atoms with E-state index in [9.17, 15) is 0 Å². The first kappa shape index (κ1) is 14.1. The lowest BCUT2D eigenvalue weighted by Crippen LogP contribution is -2.18. The molecule has 0 saturated heterocycles. The van der Waals surface area contributed by atoms with E-state index in [2.05, 4.69) is 24.4 Å². The number of hydrogen-bond donors (Lipinski definition) is 1. The van der Waals surface area contributed by atoms with Crippen LogP contribution in [0.2, 0.25) is 0 Å². The van der Waals surface area contributed by atoms with E-state index in [0.29, 0.717) is 6.54 Å². The third-order valence-corrected chi connectivity index (χ3v) is 3.16. The molecule has 102 valence electrons. The van der Waals surface area contributed by atoms with Crippen molar-refractivity contribution in [3.05, 3.63) is 65.7 Å². The van der Waals surface area contributed by atoms with Gasteiger partial charge in [-0.3, -0.25) is 0 Å². The number of nitrogens with one attached hydrogen (secondary N) is 1. The highest BCUT2D eigenvalue weighted by atomic mass is 16.5. The molecule has 0 aliphatic rings. The number of nitriles is 1. The van der Waals surface area contributed by atoms with Crippen LogP contribution in [0, 0.1) is 11.3 Å². The van der Waals surface area contributed by atoms with Crippen molar-refractivity contribution in [3.8, 4) is 11.8 Å². The van der Waals surface area contributed by atoms with E-state index >= 15 is 0 Å². The molecule has 0 bridgehead atoms. The Hall–Kier alpha value is -2.31. The van der Waals surface area contributed by atoms with Crippen molar-refractivity contribution in [1.82, 2.24) is 5.32 Å². The van der Waals surface area contributed by atoms with Gasteiger partial charge in [-0.05, 0) is 18.6 Å². The van der Waals surface area contributed by atoms with E-state index in [1.54, 1.807) is 0 Å². The predicted octanol–water partition coefficient (Wildman–Crippen LogP) is 3.44. The van der Waals surface area contributed by atoms with Gasteiger partial charge in [-0.25, -0.2) is 0 Å². The van der Waals surface area contributed by atoms with Gasteiger partial charge in [0.15, 0.2) is 6.61 Å². The summed E-state index contributed by atoms with van der Waals surface area (Å²) in [4.78, 5) is 0. The highest BCUT2D eigenvalue weighted by Gasteiger charge is 2.07. The van der Waals surface area contributed by atoms with Crippen LogP contribution in [-0.4, -0.2) is 6.61 Å². The second-order valence-corrected chi connectivity index (χ2v) is 4.57. The van der Waals surface area contributed by atoms with E-state index in [0.717, 1.165) is 11.3 Å². The highest BCUT2D eigenvalue weighted by Crippen LogP contribution is 2.19. The van der Waals surface area contributed by atoms with Gasteiger partial charge in [0.2, 0.25) is 0 Å². The van der Waals surface area contributed by atoms with Crippen molar-refractivity contribution in [2.45, 2.75) is 19.5 Å². The molecular weight excluding hydrogens is 248 g/mol. The minimum atomic E-state index is 0.0747. The Morgan fingerprint density at radius 3 is 2.55 bits per heavy atom. The second-order valence-electron chi connectivity index (χ2n) is 4.57. The van der Waals surface area contributed by atoms with Crippen molar-refractivity contribution in [1.29, 1.82) is 5.26 Å². The zero-order valence-electron chi connectivity index (χ0n) is 11.5. The number of rotatable bonds is 6. The van der Waals surface area contributed by atoms with Crippen LogP contribution in [0.3, 0.4) is 0 Å². The van der Waals surface area contributed by atoms with Crippen LogP contribution < -0.4 is 10.1 Å². The first-order chi connectivity index (χ1) is 9.81. The second kappa shape index (κ2) is 7.32. The maximum atomic E-state index is 8.59. The molecule has 0 aliphatic carbocycles. The van der Waals surface area contributed by atoms with Gasteiger partial charge in [-0.2, -0.15) is 5.26 Å². The molecule has 1 atom stereocenters. The molecule has 0 radical (unpaired) electrons. The molecule has 0 aromatic heterocycles. The molecule has 0 heterocycles. The van der Waals surface area contributed by atoms with Crippen LogP contribution in [0.5, 0.6) is 5.75 Å². The molecule has 2 aromatic carbocycles. The minimum absolute atomic E-state index is 0.0747. The summed E-state index contributed by atoms with van der Waals surface area (Å²) < 4.78 is 5.42. The van der Waals surface area contributed by atoms with Crippen molar-refractivity contribution < 1.29 is 4.74 Å². The Balaban J connectivity index is 1.99. The number of ether oxygens (including phenoxy) is 1. The Bertz CT molecular complexity index is 575. The van der Waals surface area contributed by atoms with E-state index in [4.69, 9.17) is 10.00 Å². The molecule has 0 saturated carbocycles. The molecule has 2 aromatic rings. The largest absolute Gasteiger partial charge is 0.478 e. The van der Waals surface area contributed by atoms with Gasteiger partial charge in [0.25, 0.3) is 0 Å². The van der Waals surface area contributed by atoms with E-state index in [1.807, 2.05) is 48.5 Å². The summed E-state index contributed by atoms with van der Waals surface area (Å²) in [5.41, 5.74) is 2.31. The molecule has 1 N–H and O–H groups in total. The van der Waals surface area contributed by atoms with E-state index in [1.165, 1.54) is 5.56 Å². The first-order valence-electron chi connectivity index (χ1n) is 6.67. The fourth-order valence-electron chi connectivity index (χ4n) is 2.02. The van der Waals surface area contributed by atoms with Crippen LogP contribution >= 0.6 is 0 Å². The van der Waals surface area contributed by atoms with Crippen LogP contribution in [-0.2, 0) is 6.54 Å². The lowest BCUT2D eigenvalue weighted by Gasteiger charge is -2.16. The number of hydrogen-bond acceptors (Lipinski definition) is 3. The molecule has 0 fully saturated rings. The number of nitrogens with zero attached hydrogens (tertiary/aromatic N) is 1. The van der Waals surface area contributed by atoms with Gasteiger partial charge in [0.1, 0.15) is 11.8 Å². The summed E-state index contributed by atoms with van der Waals surface area (Å²) in [6.07, 6.45) is 0. The maximum Gasteiger partial charge on any atom is 0.174 e. The van der Waals surface area contributed by atoms with E-state index < -0.39 is 0 Å².